The molecule has 0 unspecified atom stereocenters. The molecule has 1 aliphatic heterocycles. The van der Waals surface area contributed by atoms with Crippen LogP contribution in [0.1, 0.15) is 29.7 Å². The van der Waals surface area contributed by atoms with Gasteiger partial charge in [-0.15, -0.1) is 0 Å². The molecule has 0 N–H and O–H groups in total. The van der Waals surface area contributed by atoms with Gasteiger partial charge in [0.15, 0.2) is 0 Å². The second-order valence-electron chi connectivity index (χ2n) is 7.60. The van der Waals surface area contributed by atoms with Crippen molar-refractivity contribution in [2.45, 2.75) is 31.1 Å². The number of aromatic nitrogens is 1. The van der Waals surface area contributed by atoms with Gasteiger partial charge in [0, 0.05) is 11.8 Å². The van der Waals surface area contributed by atoms with Crippen molar-refractivity contribution in [1.29, 1.82) is 0 Å². The highest BCUT2D eigenvalue weighted by Gasteiger charge is 2.54. The monoisotopic (exact) mass is 410 g/mol. The molecule has 0 bridgehead atoms. The van der Waals surface area contributed by atoms with E-state index in [1.165, 1.54) is 12.1 Å². The van der Waals surface area contributed by atoms with Crippen molar-refractivity contribution in [3.8, 4) is 16.9 Å². The summed E-state index contributed by atoms with van der Waals surface area (Å²) in [6, 6.07) is 16.0. The maximum Gasteiger partial charge on any atom is 0.416 e. The van der Waals surface area contributed by atoms with E-state index >= 15 is 0 Å². The smallest absolute Gasteiger partial charge is 0.410 e. The van der Waals surface area contributed by atoms with Gasteiger partial charge in [-0.1, -0.05) is 24.3 Å². The van der Waals surface area contributed by atoms with Crippen LogP contribution in [-0.4, -0.2) is 16.0 Å². The van der Waals surface area contributed by atoms with Crippen LogP contribution in [0.4, 0.5) is 18.0 Å². The van der Waals surface area contributed by atoms with Crippen LogP contribution in [0, 0.1) is 0 Å². The summed E-state index contributed by atoms with van der Waals surface area (Å²) in [6.45, 7) is 0.360. The molecule has 0 spiro atoms. The van der Waals surface area contributed by atoms with Crippen molar-refractivity contribution >= 4 is 6.09 Å². The van der Waals surface area contributed by atoms with E-state index in [0.717, 1.165) is 41.8 Å². The summed E-state index contributed by atoms with van der Waals surface area (Å²) in [4.78, 5) is 18.8. The third-order valence-corrected chi connectivity index (χ3v) is 5.73. The predicted molar refractivity (Wildman–Crippen MR) is 104 cm³/mol. The van der Waals surface area contributed by atoms with Crippen LogP contribution in [0.15, 0.2) is 66.9 Å². The van der Waals surface area contributed by atoms with Gasteiger partial charge in [0.25, 0.3) is 0 Å². The highest BCUT2D eigenvalue weighted by Crippen LogP contribution is 2.52. The van der Waals surface area contributed by atoms with Crippen molar-refractivity contribution in [2.24, 2.45) is 0 Å². The van der Waals surface area contributed by atoms with Gasteiger partial charge in [0.05, 0.1) is 23.3 Å². The fourth-order valence-corrected chi connectivity index (χ4v) is 3.96. The molecule has 3 aromatic rings. The molecule has 152 valence electrons. The van der Waals surface area contributed by atoms with Gasteiger partial charge in [0.1, 0.15) is 5.75 Å². The molecular weight excluding hydrogens is 393 g/mol. The average molecular weight is 410 g/mol. The molecule has 0 radical (unpaired) electrons. The van der Waals surface area contributed by atoms with Gasteiger partial charge >= 0.3 is 12.3 Å². The fourth-order valence-electron chi connectivity index (χ4n) is 3.96. The van der Waals surface area contributed by atoms with Crippen LogP contribution in [-0.2, 0) is 18.3 Å². The number of benzene rings is 2. The third kappa shape index (κ3) is 3.10. The zero-order chi connectivity index (χ0) is 20.9. The van der Waals surface area contributed by atoms with Gasteiger partial charge in [-0.05, 0) is 60.4 Å². The van der Waals surface area contributed by atoms with E-state index in [1.54, 1.807) is 23.2 Å². The Balaban J connectivity index is 1.46. The summed E-state index contributed by atoms with van der Waals surface area (Å²) < 4.78 is 44.0. The average Bonchev–Trinajstić information content (AvgIpc) is 3.55. The number of hydrogen-bond donors (Lipinski definition) is 0. The first-order valence-corrected chi connectivity index (χ1v) is 9.58. The van der Waals surface area contributed by atoms with Crippen LogP contribution in [0.3, 0.4) is 0 Å². The van der Waals surface area contributed by atoms with Crippen molar-refractivity contribution in [1.82, 2.24) is 9.88 Å². The molecule has 2 aromatic carbocycles. The predicted octanol–water partition coefficient (Wildman–Crippen LogP) is 5.77. The zero-order valence-electron chi connectivity index (χ0n) is 15.8. The number of carbonyl (C=O) groups excluding carboxylic acids is 1. The quantitative estimate of drug-likeness (QED) is 0.550. The minimum atomic E-state index is -4.37. The molecule has 1 fully saturated rings. The molecule has 7 heteroatoms. The van der Waals surface area contributed by atoms with Gasteiger partial charge in [-0.2, -0.15) is 13.2 Å². The molecule has 1 saturated carbocycles. The summed E-state index contributed by atoms with van der Waals surface area (Å²) in [5.74, 6) is 0.476. The highest BCUT2D eigenvalue weighted by molar-refractivity contribution is 5.76. The molecule has 30 heavy (non-hydrogen) atoms. The second-order valence-corrected chi connectivity index (χ2v) is 7.60. The van der Waals surface area contributed by atoms with Crippen molar-refractivity contribution < 1.29 is 22.7 Å². The van der Waals surface area contributed by atoms with Crippen LogP contribution in [0.5, 0.6) is 5.75 Å². The Morgan fingerprint density at radius 1 is 0.967 bits per heavy atom. The van der Waals surface area contributed by atoms with Gasteiger partial charge in [-0.25, -0.2) is 4.79 Å². The number of alkyl halides is 3. The molecule has 4 nitrogen and oxygen atoms in total. The van der Waals surface area contributed by atoms with E-state index in [1.807, 2.05) is 24.3 Å². The number of pyridine rings is 1. The number of carbonyl (C=O) groups is 1. The van der Waals surface area contributed by atoms with E-state index in [2.05, 4.69) is 4.98 Å². The largest absolute Gasteiger partial charge is 0.416 e. The number of amides is 1. The summed E-state index contributed by atoms with van der Waals surface area (Å²) >= 11 is 0. The summed E-state index contributed by atoms with van der Waals surface area (Å²) in [6.07, 6.45) is -1.44. The zero-order valence-corrected chi connectivity index (χ0v) is 15.8. The lowest BCUT2D eigenvalue weighted by atomic mass is 9.99. The number of ether oxygens (including phenoxy) is 1. The summed E-state index contributed by atoms with van der Waals surface area (Å²) in [7, 11) is 0. The minimum absolute atomic E-state index is 0.360. The maximum absolute atomic E-state index is 12.8. The first-order valence-electron chi connectivity index (χ1n) is 9.58. The van der Waals surface area contributed by atoms with Gasteiger partial charge in [0.2, 0.25) is 0 Å². The Hall–Kier alpha value is -3.35. The van der Waals surface area contributed by atoms with Crippen LogP contribution >= 0.6 is 0 Å². The molecule has 2 heterocycles. The number of fused-ring (bicyclic) bond motifs is 1. The SMILES string of the molecule is O=C1Oc2ccc(-c3ccc(C(F)(F)F)cc3)cc2CN1C1(c2ccccn2)CC1. The molecular formula is C23H17F3N2O2. The van der Waals surface area contributed by atoms with Crippen molar-refractivity contribution in [2.75, 3.05) is 0 Å². The summed E-state index contributed by atoms with van der Waals surface area (Å²) in [5.41, 5.74) is 1.94. The van der Waals surface area contributed by atoms with Crippen molar-refractivity contribution in [3.05, 3.63) is 83.7 Å². The fraction of sp³-hybridized carbons (Fsp3) is 0.217. The van der Waals surface area contributed by atoms with Crippen molar-refractivity contribution in [3.63, 3.8) is 0 Å². The molecule has 1 aromatic heterocycles. The van der Waals surface area contributed by atoms with Gasteiger partial charge in [-0.3, -0.25) is 9.88 Å². The van der Waals surface area contributed by atoms with E-state index < -0.39 is 23.4 Å². The Kier molecular flexibility index (Phi) is 4.10. The van der Waals surface area contributed by atoms with E-state index in [4.69, 9.17) is 4.74 Å². The lowest BCUT2D eigenvalue weighted by Crippen LogP contribution is -2.44. The molecule has 1 amide bonds. The summed E-state index contributed by atoms with van der Waals surface area (Å²) in [5, 5.41) is 0. The lowest BCUT2D eigenvalue weighted by molar-refractivity contribution is -0.137. The van der Waals surface area contributed by atoms with E-state index in [9.17, 15) is 18.0 Å². The van der Waals surface area contributed by atoms with E-state index in [-0.39, 0.29) is 0 Å². The second kappa shape index (κ2) is 6.58. The first-order chi connectivity index (χ1) is 14.4. The standard InChI is InChI=1S/C23H17F3N2O2/c24-23(25,26)18-7-4-15(5-8-18)16-6-9-19-17(13-16)14-28(21(29)30-19)22(10-11-22)20-3-1-2-12-27-20/h1-9,12-13H,10-11,14H2. The lowest BCUT2D eigenvalue weighted by Gasteiger charge is -2.34. The normalized spacial score (nSPS) is 17.3. The molecule has 0 saturated heterocycles. The topological polar surface area (TPSA) is 42.4 Å². The van der Waals surface area contributed by atoms with Crippen LogP contribution < -0.4 is 4.74 Å². The molecule has 5 rings (SSSR count). The van der Waals surface area contributed by atoms with E-state index in [0.29, 0.717) is 17.9 Å². The molecule has 1 aliphatic carbocycles. The number of rotatable bonds is 3. The minimum Gasteiger partial charge on any atom is -0.410 e. The number of nitrogens with zero attached hydrogens (tertiary/aromatic N) is 2. The maximum atomic E-state index is 12.8. The Labute approximate surface area is 170 Å². The third-order valence-electron chi connectivity index (χ3n) is 5.73. The highest BCUT2D eigenvalue weighted by atomic mass is 19.4. The number of hydrogen-bond acceptors (Lipinski definition) is 3. The Morgan fingerprint density at radius 2 is 1.70 bits per heavy atom. The Bertz CT molecular complexity index is 1110. The first kappa shape index (κ1) is 18.7. The van der Waals surface area contributed by atoms with Crippen LogP contribution in [0.2, 0.25) is 0 Å². The Morgan fingerprint density at radius 3 is 2.33 bits per heavy atom. The van der Waals surface area contributed by atoms with Gasteiger partial charge < -0.3 is 4.74 Å². The van der Waals surface area contributed by atoms with Crippen LogP contribution in [0.25, 0.3) is 11.1 Å². The number of halogens is 3. The molecule has 0 atom stereocenters. The molecule has 2 aliphatic rings.